The second-order valence-corrected chi connectivity index (χ2v) is 4.49. The molecule has 2 aromatic rings. The molecule has 110 valence electrons. The molecule has 0 aliphatic rings. The molecule has 0 unspecified atom stereocenters. The maximum Gasteiger partial charge on any atom is 0.255 e. The number of anilines is 1. The van der Waals surface area contributed by atoms with Crippen LogP contribution >= 0.6 is 0 Å². The molecule has 0 fully saturated rings. The molecule has 5 nitrogen and oxygen atoms in total. The Morgan fingerprint density at radius 2 is 2.19 bits per heavy atom. The molecule has 1 aromatic heterocycles. The average molecular weight is 285 g/mol. The minimum Gasteiger partial charge on any atom is -0.497 e. The quantitative estimate of drug-likeness (QED) is 0.855. The summed E-state index contributed by atoms with van der Waals surface area (Å²) in [6, 6.07) is 9.40. The number of carbonyl (C=O) groups excluding carboxylic acids is 1. The van der Waals surface area contributed by atoms with E-state index in [1.54, 1.807) is 25.6 Å². The van der Waals surface area contributed by atoms with Crippen molar-refractivity contribution in [2.45, 2.75) is 13.5 Å². The molecule has 0 aliphatic carbocycles. The Bertz CT molecular complexity index is 614. The highest BCUT2D eigenvalue weighted by atomic mass is 16.5. The summed E-state index contributed by atoms with van der Waals surface area (Å²) in [6.45, 7) is 3.18. The van der Waals surface area contributed by atoms with Gasteiger partial charge in [-0.2, -0.15) is 0 Å². The lowest BCUT2D eigenvalue weighted by Gasteiger charge is -2.11. The van der Waals surface area contributed by atoms with Crippen molar-refractivity contribution >= 4 is 11.6 Å². The van der Waals surface area contributed by atoms with Crippen molar-refractivity contribution < 1.29 is 9.53 Å². The molecular weight excluding hydrogens is 266 g/mol. The number of ether oxygens (including phenoxy) is 1. The highest BCUT2D eigenvalue weighted by Gasteiger charge is 2.10. The Labute approximate surface area is 124 Å². The zero-order chi connectivity index (χ0) is 15.1. The highest BCUT2D eigenvalue weighted by molar-refractivity contribution is 5.99. The summed E-state index contributed by atoms with van der Waals surface area (Å²) in [6.07, 6.45) is 3.23. The SMILES string of the molecule is CCNc1ccncc1C(=O)NCc1cccc(OC)c1. The molecule has 5 heteroatoms. The first kappa shape index (κ1) is 14.8. The van der Waals surface area contributed by atoms with Crippen molar-refractivity contribution in [2.75, 3.05) is 19.0 Å². The largest absolute Gasteiger partial charge is 0.497 e. The lowest BCUT2D eigenvalue weighted by Crippen LogP contribution is -2.24. The summed E-state index contributed by atoms with van der Waals surface area (Å²) in [4.78, 5) is 16.3. The third kappa shape index (κ3) is 3.95. The number of hydrogen-bond donors (Lipinski definition) is 2. The van der Waals surface area contributed by atoms with Crippen molar-refractivity contribution in [1.29, 1.82) is 0 Å². The van der Waals surface area contributed by atoms with Gasteiger partial charge < -0.3 is 15.4 Å². The molecule has 2 N–H and O–H groups in total. The summed E-state index contributed by atoms with van der Waals surface area (Å²) < 4.78 is 5.16. The molecule has 1 aromatic carbocycles. The van der Waals surface area contributed by atoms with Gasteiger partial charge in [-0.1, -0.05) is 12.1 Å². The number of amides is 1. The van der Waals surface area contributed by atoms with Crippen LogP contribution in [0.25, 0.3) is 0 Å². The first-order valence-electron chi connectivity index (χ1n) is 6.83. The van der Waals surface area contributed by atoms with E-state index >= 15 is 0 Å². The number of rotatable bonds is 6. The number of hydrogen-bond acceptors (Lipinski definition) is 4. The summed E-state index contributed by atoms with van der Waals surface area (Å²) in [5.74, 6) is 0.623. The Morgan fingerprint density at radius 3 is 2.95 bits per heavy atom. The van der Waals surface area contributed by atoms with Crippen molar-refractivity contribution in [3.05, 3.63) is 53.9 Å². The summed E-state index contributed by atoms with van der Waals surface area (Å²) >= 11 is 0. The van der Waals surface area contributed by atoms with Crippen molar-refractivity contribution in [2.24, 2.45) is 0 Å². The minimum atomic E-state index is -0.151. The molecule has 0 radical (unpaired) electrons. The van der Waals surface area contributed by atoms with Crippen LogP contribution in [0.5, 0.6) is 5.75 Å². The Morgan fingerprint density at radius 1 is 1.33 bits per heavy atom. The number of methoxy groups -OCH3 is 1. The van der Waals surface area contributed by atoms with Crippen LogP contribution in [-0.4, -0.2) is 24.5 Å². The van der Waals surface area contributed by atoms with E-state index in [2.05, 4.69) is 15.6 Å². The topological polar surface area (TPSA) is 63.2 Å². The second-order valence-electron chi connectivity index (χ2n) is 4.49. The van der Waals surface area contributed by atoms with E-state index in [1.165, 1.54) is 0 Å². The smallest absolute Gasteiger partial charge is 0.255 e. The third-order valence-corrected chi connectivity index (χ3v) is 3.02. The van der Waals surface area contributed by atoms with Gasteiger partial charge in [-0.25, -0.2) is 0 Å². The fraction of sp³-hybridized carbons (Fsp3) is 0.250. The van der Waals surface area contributed by atoms with Gasteiger partial charge >= 0.3 is 0 Å². The number of aromatic nitrogens is 1. The Kier molecular flexibility index (Phi) is 5.15. The van der Waals surface area contributed by atoms with Crippen LogP contribution < -0.4 is 15.4 Å². The van der Waals surface area contributed by atoms with Crippen LogP contribution in [0.2, 0.25) is 0 Å². The molecule has 0 saturated carbocycles. The maximum atomic E-state index is 12.2. The van der Waals surface area contributed by atoms with Gasteiger partial charge in [-0.05, 0) is 30.7 Å². The van der Waals surface area contributed by atoms with Crippen LogP contribution in [0.15, 0.2) is 42.7 Å². The summed E-state index contributed by atoms with van der Waals surface area (Å²) in [5, 5.41) is 6.04. The average Bonchev–Trinajstić information content (AvgIpc) is 2.53. The van der Waals surface area contributed by atoms with E-state index < -0.39 is 0 Å². The van der Waals surface area contributed by atoms with Gasteiger partial charge in [-0.3, -0.25) is 9.78 Å². The summed E-state index contributed by atoms with van der Waals surface area (Å²) in [7, 11) is 1.62. The number of benzene rings is 1. The van der Waals surface area contributed by atoms with Crippen LogP contribution in [0.4, 0.5) is 5.69 Å². The van der Waals surface area contributed by atoms with Crippen LogP contribution in [-0.2, 0) is 6.54 Å². The first-order chi connectivity index (χ1) is 10.2. The molecular formula is C16H19N3O2. The molecule has 1 heterocycles. The van der Waals surface area contributed by atoms with Gasteiger partial charge in [0.25, 0.3) is 5.91 Å². The number of carbonyl (C=O) groups is 1. The van der Waals surface area contributed by atoms with Crippen LogP contribution in [0.1, 0.15) is 22.8 Å². The lowest BCUT2D eigenvalue weighted by atomic mass is 10.2. The monoisotopic (exact) mass is 285 g/mol. The predicted molar refractivity (Wildman–Crippen MR) is 82.6 cm³/mol. The standard InChI is InChI=1S/C16H19N3O2/c1-3-18-15-7-8-17-11-14(15)16(20)19-10-12-5-4-6-13(9-12)21-2/h4-9,11H,3,10H2,1-2H3,(H,17,18)(H,19,20). The van der Waals surface area contributed by atoms with Gasteiger partial charge in [0.05, 0.1) is 18.4 Å². The van der Waals surface area contributed by atoms with Gasteiger partial charge in [-0.15, -0.1) is 0 Å². The van der Waals surface area contributed by atoms with E-state index in [1.807, 2.05) is 31.2 Å². The Balaban J connectivity index is 2.04. The zero-order valence-corrected chi connectivity index (χ0v) is 12.2. The molecule has 0 spiro atoms. The van der Waals surface area contributed by atoms with Gasteiger partial charge in [0.15, 0.2) is 0 Å². The number of nitrogens with one attached hydrogen (secondary N) is 2. The molecule has 21 heavy (non-hydrogen) atoms. The fourth-order valence-electron chi connectivity index (χ4n) is 1.98. The zero-order valence-electron chi connectivity index (χ0n) is 12.2. The summed E-state index contributed by atoms with van der Waals surface area (Å²) in [5.41, 5.74) is 2.31. The molecule has 0 atom stereocenters. The van der Waals surface area contributed by atoms with E-state index in [9.17, 15) is 4.79 Å². The van der Waals surface area contributed by atoms with Crippen LogP contribution in [0.3, 0.4) is 0 Å². The number of pyridine rings is 1. The van der Waals surface area contributed by atoms with E-state index in [0.29, 0.717) is 12.1 Å². The van der Waals surface area contributed by atoms with Gasteiger partial charge in [0.2, 0.25) is 0 Å². The Hall–Kier alpha value is -2.56. The first-order valence-corrected chi connectivity index (χ1v) is 6.83. The van der Waals surface area contributed by atoms with Crippen LogP contribution in [0, 0.1) is 0 Å². The van der Waals surface area contributed by atoms with Gasteiger partial charge in [0, 0.05) is 25.5 Å². The normalized spacial score (nSPS) is 10.0. The van der Waals surface area contributed by atoms with E-state index in [4.69, 9.17) is 4.74 Å². The third-order valence-electron chi connectivity index (χ3n) is 3.02. The molecule has 2 rings (SSSR count). The van der Waals surface area contributed by atoms with E-state index in [0.717, 1.165) is 23.5 Å². The predicted octanol–water partition coefficient (Wildman–Crippen LogP) is 2.45. The lowest BCUT2D eigenvalue weighted by molar-refractivity contribution is 0.0951. The minimum absolute atomic E-state index is 0.151. The fourth-order valence-corrected chi connectivity index (χ4v) is 1.98. The van der Waals surface area contributed by atoms with Crippen molar-refractivity contribution in [3.8, 4) is 5.75 Å². The van der Waals surface area contributed by atoms with E-state index in [-0.39, 0.29) is 5.91 Å². The maximum absolute atomic E-state index is 12.2. The molecule has 1 amide bonds. The molecule has 0 bridgehead atoms. The second kappa shape index (κ2) is 7.28. The van der Waals surface area contributed by atoms with Crippen molar-refractivity contribution in [1.82, 2.24) is 10.3 Å². The van der Waals surface area contributed by atoms with Crippen molar-refractivity contribution in [3.63, 3.8) is 0 Å². The molecule has 0 aliphatic heterocycles. The number of nitrogens with zero attached hydrogens (tertiary/aromatic N) is 1. The van der Waals surface area contributed by atoms with Gasteiger partial charge in [0.1, 0.15) is 5.75 Å². The molecule has 0 saturated heterocycles. The highest BCUT2D eigenvalue weighted by Crippen LogP contribution is 2.15.